The predicted molar refractivity (Wildman–Crippen MR) is 175 cm³/mol. The van der Waals surface area contributed by atoms with Gasteiger partial charge < -0.3 is 19.7 Å². The van der Waals surface area contributed by atoms with Gasteiger partial charge in [0.1, 0.15) is 11.5 Å². The van der Waals surface area contributed by atoms with Crippen molar-refractivity contribution in [1.82, 2.24) is 14.6 Å². The van der Waals surface area contributed by atoms with E-state index in [9.17, 15) is 15.0 Å². The van der Waals surface area contributed by atoms with Crippen LogP contribution < -0.4 is 0 Å². The van der Waals surface area contributed by atoms with Crippen molar-refractivity contribution in [3.05, 3.63) is 102 Å². The van der Waals surface area contributed by atoms with Gasteiger partial charge >= 0.3 is 5.97 Å². The normalized spacial score (nSPS) is 12.5. The molecule has 0 saturated heterocycles. The van der Waals surface area contributed by atoms with Crippen LogP contribution in [0.25, 0.3) is 50.1 Å². The van der Waals surface area contributed by atoms with Crippen LogP contribution in [0.3, 0.4) is 0 Å². The van der Waals surface area contributed by atoms with Gasteiger partial charge in [-0.1, -0.05) is 54.6 Å². The summed E-state index contributed by atoms with van der Waals surface area (Å²) in [5.74, 6) is -0.208. The number of fused-ring (bicyclic) bond motifs is 2. The van der Waals surface area contributed by atoms with Gasteiger partial charge in [0.25, 0.3) is 0 Å². The average molecular weight is 602 g/mol. The Kier molecular flexibility index (Phi) is 7.54. The van der Waals surface area contributed by atoms with Crippen LogP contribution in [0.15, 0.2) is 84.9 Å². The molecule has 4 aromatic carbocycles. The molecule has 6 aromatic rings. The number of nitrogens with zero attached hydrogens (tertiary/aromatic N) is 3. The fourth-order valence-electron chi connectivity index (χ4n) is 5.75. The average Bonchev–Trinajstić information content (AvgIpc) is 3.43. The van der Waals surface area contributed by atoms with E-state index in [0.717, 1.165) is 33.2 Å². The second-order valence-electron chi connectivity index (χ2n) is 12.2. The summed E-state index contributed by atoms with van der Waals surface area (Å²) in [4.78, 5) is 18.3. The van der Waals surface area contributed by atoms with Gasteiger partial charge in [0, 0.05) is 39.4 Å². The molecule has 0 fully saturated rings. The molecule has 1 atom stereocenters. The van der Waals surface area contributed by atoms with Gasteiger partial charge in [-0.2, -0.15) is 5.10 Å². The number of phenols is 2. The fourth-order valence-corrected chi connectivity index (χ4v) is 5.75. The SMILES string of the molecule is COC(=O)C(OC(C)(C)C)c1c(C)nc2cc(-c3cccc(-c4ccc(C)cc4O)c3)nn2c1-c1ccc(O)c2ccccc12. The lowest BCUT2D eigenvalue weighted by molar-refractivity contribution is -0.164. The number of hydrogen-bond donors (Lipinski definition) is 2. The number of aromatic nitrogens is 3. The number of esters is 1. The number of carbonyl (C=O) groups is 1. The Bertz CT molecular complexity index is 2090. The lowest BCUT2D eigenvalue weighted by Crippen LogP contribution is -2.29. The molecule has 2 aromatic heterocycles. The van der Waals surface area contributed by atoms with Crippen molar-refractivity contribution in [1.29, 1.82) is 0 Å². The molecule has 0 aliphatic heterocycles. The number of carbonyl (C=O) groups excluding carboxylic acids is 1. The number of phenolic OH excluding ortho intramolecular Hbond substituents is 2. The molecular formula is C37H35N3O5. The third-order valence-electron chi connectivity index (χ3n) is 7.76. The maximum Gasteiger partial charge on any atom is 0.339 e. The molecule has 0 saturated carbocycles. The molecule has 45 heavy (non-hydrogen) atoms. The minimum Gasteiger partial charge on any atom is -0.507 e. The number of benzene rings is 4. The topological polar surface area (TPSA) is 106 Å². The first-order chi connectivity index (χ1) is 21.4. The highest BCUT2D eigenvalue weighted by Gasteiger charge is 2.34. The van der Waals surface area contributed by atoms with E-state index >= 15 is 0 Å². The van der Waals surface area contributed by atoms with E-state index in [4.69, 9.17) is 19.6 Å². The molecule has 0 radical (unpaired) electrons. The van der Waals surface area contributed by atoms with E-state index in [2.05, 4.69) is 0 Å². The van der Waals surface area contributed by atoms with E-state index in [-0.39, 0.29) is 11.5 Å². The van der Waals surface area contributed by atoms with Gasteiger partial charge in [0.15, 0.2) is 11.8 Å². The van der Waals surface area contributed by atoms with Crippen molar-refractivity contribution in [3.63, 3.8) is 0 Å². The summed E-state index contributed by atoms with van der Waals surface area (Å²) in [6, 6.07) is 26.3. The smallest absolute Gasteiger partial charge is 0.339 e. The van der Waals surface area contributed by atoms with Crippen LogP contribution in [0.1, 0.15) is 43.7 Å². The summed E-state index contributed by atoms with van der Waals surface area (Å²) in [5, 5.41) is 27.9. The highest BCUT2D eigenvalue weighted by atomic mass is 16.6. The minimum atomic E-state index is -1.10. The molecule has 8 nitrogen and oxygen atoms in total. The molecule has 8 heteroatoms. The van der Waals surface area contributed by atoms with E-state index in [1.165, 1.54) is 7.11 Å². The van der Waals surface area contributed by atoms with Gasteiger partial charge in [0.2, 0.25) is 0 Å². The Morgan fingerprint density at radius 3 is 2.24 bits per heavy atom. The number of ether oxygens (including phenoxy) is 2. The van der Waals surface area contributed by atoms with Crippen molar-refractivity contribution >= 4 is 22.4 Å². The maximum atomic E-state index is 13.4. The number of methoxy groups -OCH3 is 1. The van der Waals surface area contributed by atoms with Gasteiger partial charge in [-0.15, -0.1) is 0 Å². The Balaban J connectivity index is 1.64. The van der Waals surface area contributed by atoms with E-state index in [1.807, 2.05) is 107 Å². The third-order valence-corrected chi connectivity index (χ3v) is 7.76. The molecule has 0 amide bonds. The van der Waals surface area contributed by atoms with E-state index in [1.54, 1.807) is 16.6 Å². The molecule has 1 unspecified atom stereocenters. The van der Waals surface area contributed by atoms with Crippen molar-refractivity contribution < 1.29 is 24.5 Å². The van der Waals surface area contributed by atoms with Crippen LogP contribution >= 0.6 is 0 Å². The highest BCUT2D eigenvalue weighted by molar-refractivity contribution is 6.01. The van der Waals surface area contributed by atoms with Gasteiger partial charge in [0.05, 0.1) is 24.1 Å². The van der Waals surface area contributed by atoms with Crippen LogP contribution in [-0.2, 0) is 14.3 Å². The van der Waals surface area contributed by atoms with Crippen LogP contribution in [0.4, 0.5) is 0 Å². The number of aromatic hydroxyl groups is 2. The summed E-state index contributed by atoms with van der Waals surface area (Å²) in [5.41, 5.74) is 6.36. The summed E-state index contributed by atoms with van der Waals surface area (Å²) >= 11 is 0. The molecule has 6 rings (SSSR count). The van der Waals surface area contributed by atoms with Crippen LogP contribution in [0.2, 0.25) is 0 Å². The van der Waals surface area contributed by atoms with Gasteiger partial charge in [-0.3, -0.25) is 0 Å². The molecule has 0 bridgehead atoms. The van der Waals surface area contributed by atoms with Crippen LogP contribution in [-0.4, -0.2) is 43.5 Å². The van der Waals surface area contributed by atoms with Crippen LogP contribution in [0.5, 0.6) is 11.5 Å². The first kappa shape index (κ1) is 29.8. The second-order valence-corrected chi connectivity index (χ2v) is 12.2. The van der Waals surface area contributed by atoms with E-state index in [0.29, 0.717) is 33.7 Å². The first-order valence-electron chi connectivity index (χ1n) is 14.7. The predicted octanol–water partition coefficient (Wildman–Crippen LogP) is 7.94. The van der Waals surface area contributed by atoms with Gasteiger partial charge in [-0.25, -0.2) is 14.3 Å². The minimum absolute atomic E-state index is 0.144. The first-order valence-corrected chi connectivity index (χ1v) is 14.7. The standard InChI is InChI=1S/C37H35N3O5/c1-21-14-15-25(31(42)18-21)23-10-9-11-24(19-23)29-20-32-38-22(2)33(35(36(43)44-6)45-37(3,4)5)34(40(32)39-29)28-16-17-30(41)27-13-8-7-12-26(27)28/h7-20,35,41-42H,1-6H3. The number of rotatable bonds is 6. The quantitative estimate of drug-likeness (QED) is 0.187. The second kappa shape index (κ2) is 11.4. The maximum absolute atomic E-state index is 13.4. The van der Waals surface area contributed by atoms with E-state index < -0.39 is 17.7 Å². The highest BCUT2D eigenvalue weighted by Crippen LogP contribution is 2.41. The lowest BCUT2D eigenvalue weighted by Gasteiger charge is -2.28. The fraction of sp³-hybridized carbons (Fsp3) is 0.216. The van der Waals surface area contributed by atoms with Crippen molar-refractivity contribution in [2.75, 3.05) is 7.11 Å². The molecular weight excluding hydrogens is 566 g/mol. The number of hydrogen-bond acceptors (Lipinski definition) is 7. The summed E-state index contributed by atoms with van der Waals surface area (Å²) in [6.45, 7) is 9.42. The largest absolute Gasteiger partial charge is 0.507 e. The molecule has 0 spiro atoms. The Morgan fingerprint density at radius 2 is 1.53 bits per heavy atom. The summed E-state index contributed by atoms with van der Waals surface area (Å²) in [6.07, 6.45) is -1.10. The summed E-state index contributed by atoms with van der Waals surface area (Å²) in [7, 11) is 1.34. The zero-order chi connectivity index (χ0) is 32.0. The molecule has 2 N–H and O–H groups in total. The molecule has 2 heterocycles. The van der Waals surface area contributed by atoms with Crippen LogP contribution in [0, 0.1) is 13.8 Å². The Morgan fingerprint density at radius 1 is 0.822 bits per heavy atom. The Hall–Kier alpha value is -5.21. The molecule has 0 aliphatic carbocycles. The third kappa shape index (κ3) is 5.60. The lowest BCUT2D eigenvalue weighted by atomic mass is 9.94. The zero-order valence-electron chi connectivity index (χ0n) is 26.1. The Labute approximate surface area is 261 Å². The zero-order valence-corrected chi connectivity index (χ0v) is 26.1. The van der Waals surface area contributed by atoms with Crippen molar-refractivity contribution in [3.8, 4) is 45.1 Å². The molecule has 0 aliphatic rings. The monoisotopic (exact) mass is 601 g/mol. The number of aryl methyl sites for hydroxylation is 2. The molecule has 228 valence electrons. The van der Waals surface area contributed by atoms with Gasteiger partial charge in [-0.05, 0) is 75.4 Å². The van der Waals surface area contributed by atoms with Crippen molar-refractivity contribution in [2.45, 2.75) is 46.3 Å². The summed E-state index contributed by atoms with van der Waals surface area (Å²) < 4.78 is 13.3. The van der Waals surface area contributed by atoms with Crippen molar-refractivity contribution in [2.24, 2.45) is 0 Å².